The summed E-state index contributed by atoms with van der Waals surface area (Å²) in [6, 6.07) is 0. The van der Waals surface area contributed by atoms with Gasteiger partial charge in [-0.2, -0.15) is 0 Å². The van der Waals surface area contributed by atoms with Gasteiger partial charge in [-0.3, -0.25) is 4.79 Å². The maximum Gasteiger partial charge on any atom is 0.142 e. The van der Waals surface area contributed by atoms with Crippen molar-refractivity contribution in [3.8, 4) is 12.3 Å². The SMILES string of the molecule is C#CC[C@@]1(C)C(=O)CC[C@H]1O. The van der Waals surface area contributed by atoms with Crippen LogP contribution >= 0.6 is 0 Å². The van der Waals surface area contributed by atoms with Crippen molar-refractivity contribution in [1.29, 1.82) is 0 Å². The van der Waals surface area contributed by atoms with E-state index in [0.717, 1.165) is 0 Å². The molecule has 0 aromatic rings. The maximum atomic E-state index is 11.2. The molecule has 1 rings (SSSR count). The van der Waals surface area contributed by atoms with Crippen LogP contribution < -0.4 is 0 Å². The molecule has 2 nitrogen and oxygen atoms in total. The van der Waals surface area contributed by atoms with Gasteiger partial charge in [-0.25, -0.2) is 0 Å². The molecule has 0 unspecified atom stereocenters. The lowest BCUT2D eigenvalue weighted by atomic mass is 9.82. The lowest BCUT2D eigenvalue weighted by Gasteiger charge is -2.23. The van der Waals surface area contributed by atoms with Gasteiger partial charge in [-0.1, -0.05) is 0 Å². The number of ketones is 1. The van der Waals surface area contributed by atoms with Crippen LogP contribution in [0.2, 0.25) is 0 Å². The summed E-state index contributed by atoms with van der Waals surface area (Å²) in [6.45, 7) is 1.74. The molecule has 1 fully saturated rings. The van der Waals surface area contributed by atoms with E-state index >= 15 is 0 Å². The minimum Gasteiger partial charge on any atom is -0.392 e. The van der Waals surface area contributed by atoms with Crippen LogP contribution in [0.5, 0.6) is 0 Å². The molecule has 0 heterocycles. The molecule has 0 aliphatic heterocycles. The Morgan fingerprint density at radius 2 is 2.55 bits per heavy atom. The van der Waals surface area contributed by atoms with Gasteiger partial charge in [0.2, 0.25) is 0 Å². The average molecular weight is 152 g/mol. The molecule has 0 saturated heterocycles. The Kier molecular flexibility index (Phi) is 2.01. The third-order valence-electron chi connectivity index (χ3n) is 2.49. The second kappa shape index (κ2) is 2.67. The average Bonchev–Trinajstić information content (AvgIpc) is 2.19. The molecule has 1 aliphatic carbocycles. The molecule has 0 bridgehead atoms. The highest BCUT2D eigenvalue weighted by molar-refractivity contribution is 5.87. The molecule has 0 spiro atoms. The normalized spacial score (nSPS) is 37.2. The van der Waals surface area contributed by atoms with Crippen LogP contribution in [-0.2, 0) is 4.79 Å². The highest BCUT2D eigenvalue weighted by atomic mass is 16.3. The molecule has 0 amide bonds. The van der Waals surface area contributed by atoms with Gasteiger partial charge in [0.1, 0.15) is 5.78 Å². The number of carbonyl (C=O) groups excluding carboxylic acids is 1. The Morgan fingerprint density at radius 1 is 1.91 bits per heavy atom. The molecular weight excluding hydrogens is 140 g/mol. The Morgan fingerprint density at radius 3 is 2.91 bits per heavy atom. The summed E-state index contributed by atoms with van der Waals surface area (Å²) in [6.07, 6.45) is 5.96. The van der Waals surface area contributed by atoms with Crippen LogP contribution in [-0.4, -0.2) is 17.0 Å². The summed E-state index contributed by atoms with van der Waals surface area (Å²) in [5, 5.41) is 9.43. The van der Waals surface area contributed by atoms with Crippen molar-refractivity contribution in [1.82, 2.24) is 0 Å². The minimum absolute atomic E-state index is 0.1000. The summed E-state index contributed by atoms with van der Waals surface area (Å²) < 4.78 is 0. The van der Waals surface area contributed by atoms with Crippen LogP contribution in [0.3, 0.4) is 0 Å². The Balaban J connectivity index is 2.81. The molecular formula is C9H12O2. The summed E-state index contributed by atoms with van der Waals surface area (Å²) in [5.74, 6) is 2.53. The van der Waals surface area contributed by atoms with Crippen LogP contribution in [0.15, 0.2) is 0 Å². The van der Waals surface area contributed by atoms with Crippen molar-refractivity contribution in [2.75, 3.05) is 0 Å². The number of terminal acetylenes is 1. The first-order valence-corrected chi connectivity index (χ1v) is 3.76. The molecule has 0 aromatic heterocycles. The van der Waals surface area contributed by atoms with E-state index in [0.29, 0.717) is 19.3 Å². The lowest BCUT2D eigenvalue weighted by molar-refractivity contribution is -0.127. The molecule has 1 N–H and O–H groups in total. The van der Waals surface area contributed by atoms with E-state index in [1.54, 1.807) is 6.92 Å². The number of carbonyl (C=O) groups is 1. The fourth-order valence-corrected chi connectivity index (χ4v) is 1.49. The lowest BCUT2D eigenvalue weighted by Crippen LogP contribution is -2.32. The summed E-state index contributed by atoms with van der Waals surface area (Å²) in [7, 11) is 0. The van der Waals surface area contributed by atoms with Gasteiger partial charge in [0.25, 0.3) is 0 Å². The molecule has 11 heavy (non-hydrogen) atoms. The summed E-state index contributed by atoms with van der Waals surface area (Å²) in [5.41, 5.74) is -0.658. The van der Waals surface area contributed by atoms with Crippen molar-refractivity contribution in [3.63, 3.8) is 0 Å². The van der Waals surface area contributed by atoms with Crippen molar-refractivity contribution in [2.24, 2.45) is 5.41 Å². The number of rotatable bonds is 1. The van der Waals surface area contributed by atoms with Crippen molar-refractivity contribution in [3.05, 3.63) is 0 Å². The van der Waals surface area contributed by atoms with Crippen LogP contribution in [0.25, 0.3) is 0 Å². The first-order valence-electron chi connectivity index (χ1n) is 3.76. The number of aliphatic hydroxyl groups excluding tert-OH is 1. The summed E-state index contributed by atoms with van der Waals surface area (Å²) in [4.78, 5) is 11.2. The van der Waals surface area contributed by atoms with Crippen molar-refractivity contribution in [2.45, 2.75) is 32.3 Å². The van der Waals surface area contributed by atoms with Gasteiger partial charge >= 0.3 is 0 Å². The fraction of sp³-hybridized carbons (Fsp3) is 0.667. The predicted molar refractivity (Wildman–Crippen MR) is 41.8 cm³/mol. The first-order chi connectivity index (χ1) is 5.11. The van der Waals surface area contributed by atoms with Gasteiger partial charge in [0.15, 0.2) is 0 Å². The topological polar surface area (TPSA) is 37.3 Å². The van der Waals surface area contributed by atoms with E-state index in [9.17, 15) is 9.90 Å². The molecule has 1 aliphatic rings. The fourth-order valence-electron chi connectivity index (χ4n) is 1.49. The molecule has 60 valence electrons. The molecule has 0 aromatic carbocycles. The first kappa shape index (κ1) is 8.29. The number of hydrogen-bond donors (Lipinski definition) is 1. The van der Waals surface area contributed by atoms with Crippen molar-refractivity contribution < 1.29 is 9.90 Å². The largest absolute Gasteiger partial charge is 0.392 e. The van der Waals surface area contributed by atoms with Crippen LogP contribution in [0, 0.1) is 17.8 Å². The molecule has 2 atom stereocenters. The van der Waals surface area contributed by atoms with E-state index < -0.39 is 11.5 Å². The standard InChI is InChI=1S/C9H12O2/c1-3-6-9(2)7(10)4-5-8(9)11/h1,7,10H,4-6H2,2H3/t7-,9-/m1/s1. The third-order valence-corrected chi connectivity index (χ3v) is 2.49. The van der Waals surface area contributed by atoms with Gasteiger partial charge in [-0.05, 0) is 13.3 Å². The zero-order chi connectivity index (χ0) is 8.48. The maximum absolute atomic E-state index is 11.2. The second-order valence-electron chi connectivity index (χ2n) is 3.28. The second-order valence-corrected chi connectivity index (χ2v) is 3.28. The van der Waals surface area contributed by atoms with E-state index in [1.165, 1.54) is 0 Å². The number of aliphatic hydroxyl groups is 1. The van der Waals surface area contributed by atoms with Gasteiger partial charge in [-0.15, -0.1) is 12.3 Å². The van der Waals surface area contributed by atoms with Gasteiger partial charge in [0.05, 0.1) is 11.5 Å². The highest BCUT2D eigenvalue weighted by Gasteiger charge is 2.44. The molecule has 2 heteroatoms. The molecule has 1 saturated carbocycles. The third kappa shape index (κ3) is 1.17. The van der Waals surface area contributed by atoms with E-state index in [2.05, 4.69) is 5.92 Å². The zero-order valence-corrected chi connectivity index (χ0v) is 6.63. The number of hydrogen-bond acceptors (Lipinski definition) is 2. The van der Waals surface area contributed by atoms with Crippen LogP contribution in [0.1, 0.15) is 26.2 Å². The Bertz CT molecular complexity index is 214. The zero-order valence-electron chi connectivity index (χ0n) is 6.63. The monoisotopic (exact) mass is 152 g/mol. The van der Waals surface area contributed by atoms with E-state index in [-0.39, 0.29) is 5.78 Å². The smallest absolute Gasteiger partial charge is 0.142 e. The number of Topliss-reactive ketones (excluding diaryl/α,β-unsaturated/α-hetero) is 1. The Hall–Kier alpha value is -0.810. The highest BCUT2D eigenvalue weighted by Crippen LogP contribution is 2.37. The van der Waals surface area contributed by atoms with Gasteiger partial charge < -0.3 is 5.11 Å². The van der Waals surface area contributed by atoms with E-state index in [4.69, 9.17) is 6.42 Å². The predicted octanol–water partition coefficient (Wildman–Crippen LogP) is 0.740. The minimum atomic E-state index is -0.658. The van der Waals surface area contributed by atoms with E-state index in [1.807, 2.05) is 0 Å². The quantitative estimate of drug-likeness (QED) is 0.563. The van der Waals surface area contributed by atoms with Crippen LogP contribution in [0.4, 0.5) is 0 Å². The van der Waals surface area contributed by atoms with Crippen molar-refractivity contribution >= 4 is 5.78 Å². The van der Waals surface area contributed by atoms with Gasteiger partial charge in [0, 0.05) is 12.8 Å². The Labute approximate surface area is 66.6 Å². The molecule has 0 radical (unpaired) electrons. The summed E-state index contributed by atoms with van der Waals surface area (Å²) >= 11 is 0.